The van der Waals surface area contributed by atoms with Crippen LogP contribution in [-0.4, -0.2) is 49.5 Å². The summed E-state index contributed by atoms with van der Waals surface area (Å²) in [6.45, 7) is 0.772. The van der Waals surface area contributed by atoms with Crippen molar-refractivity contribution in [3.63, 3.8) is 0 Å². The number of nitrogens with zero attached hydrogens (tertiary/aromatic N) is 2. The molecule has 2 amide bonds. The molecule has 0 aliphatic rings. The molecule has 5 nitrogen and oxygen atoms in total. The number of rotatable bonds is 6. The van der Waals surface area contributed by atoms with Gasteiger partial charge in [0.25, 0.3) is 0 Å². The molecule has 0 spiro atoms. The lowest BCUT2D eigenvalue weighted by Crippen LogP contribution is -2.29. The lowest BCUT2D eigenvalue weighted by molar-refractivity contribution is -0.128. The summed E-state index contributed by atoms with van der Waals surface area (Å²) in [6, 6.07) is 9.53. The zero-order valence-electron chi connectivity index (χ0n) is 12.3. The van der Waals surface area contributed by atoms with Crippen LogP contribution < -0.4 is 0 Å². The Hall–Kier alpha value is -2.04. The molecule has 0 atom stereocenters. The molecular weight excluding hydrogens is 256 g/mol. The quantitative estimate of drug-likeness (QED) is 0.801. The monoisotopic (exact) mass is 278 g/mol. The molecule has 0 saturated heterocycles. The molecule has 5 heteroatoms. The smallest absolute Gasteiger partial charge is 0.409 e. The van der Waals surface area contributed by atoms with Crippen LogP contribution in [0, 0.1) is 0 Å². The van der Waals surface area contributed by atoms with E-state index in [2.05, 4.69) is 0 Å². The van der Waals surface area contributed by atoms with Crippen molar-refractivity contribution in [2.75, 3.05) is 27.7 Å². The molecule has 0 aliphatic heterocycles. The van der Waals surface area contributed by atoms with Gasteiger partial charge in [0.2, 0.25) is 5.91 Å². The van der Waals surface area contributed by atoms with E-state index in [1.54, 1.807) is 26.0 Å². The van der Waals surface area contributed by atoms with Crippen LogP contribution in [0.2, 0.25) is 0 Å². The van der Waals surface area contributed by atoms with E-state index in [0.29, 0.717) is 19.4 Å². The summed E-state index contributed by atoms with van der Waals surface area (Å²) in [5.74, 6) is 0.0658. The van der Waals surface area contributed by atoms with Gasteiger partial charge in [0.1, 0.15) is 6.61 Å². The van der Waals surface area contributed by atoms with Crippen LogP contribution in [0.3, 0.4) is 0 Å². The third-order valence-corrected chi connectivity index (χ3v) is 2.90. The number of hydrogen-bond acceptors (Lipinski definition) is 3. The Balaban J connectivity index is 2.24. The van der Waals surface area contributed by atoms with Crippen LogP contribution in [-0.2, 0) is 16.1 Å². The minimum atomic E-state index is -0.369. The highest BCUT2D eigenvalue weighted by Crippen LogP contribution is 2.03. The average molecular weight is 278 g/mol. The van der Waals surface area contributed by atoms with Crippen molar-refractivity contribution >= 4 is 12.0 Å². The van der Waals surface area contributed by atoms with E-state index in [9.17, 15) is 9.59 Å². The second kappa shape index (κ2) is 8.19. The molecule has 0 saturated carbocycles. The molecule has 0 aliphatic carbocycles. The topological polar surface area (TPSA) is 49.9 Å². The van der Waals surface area contributed by atoms with Gasteiger partial charge in [-0.2, -0.15) is 0 Å². The maximum atomic E-state index is 11.7. The fourth-order valence-corrected chi connectivity index (χ4v) is 1.61. The van der Waals surface area contributed by atoms with Gasteiger partial charge in [-0.3, -0.25) is 4.79 Å². The first-order valence-electron chi connectivity index (χ1n) is 6.62. The number of benzene rings is 1. The van der Waals surface area contributed by atoms with Crippen LogP contribution in [0.5, 0.6) is 0 Å². The van der Waals surface area contributed by atoms with E-state index in [1.165, 1.54) is 4.90 Å². The van der Waals surface area contributed by atoms with Crippen LogP contribution in [0.4, 0.5) is 4.79 Å². The minimum Gasteiger partial charge on any atom is -0.445 e. The van der Waals surface area contributed by atoms with Crippen molar-refractivity contribution in [1.82, 2.24) is 9.80 Å². The third-order valence-electron chi connectivity index (χ3n) is 2.90. The SMILES string of the molecule is CN(C)C(=O)CCCN(C)C(=O)OCc1ccccc1. The largest absolute Gasteiger partial charge is 0.445 e. The summed E-state index contributed by atoms with van der Waals surface area (Å²) >= 11 is 0. The van der Waals surface area contributed by atoms with Crippen molar-refractivity contribution in [2.45, 2.75) is 19.4 Å². The van der Waals surface area contributed by atoms with Crippen LogP contribution in [0.1, 0.15) is 18.4 Å². The molecule has 0 N–H and O–H groups in total. The molecule has 1 rings (SSSR count). The van der Waals surface area contributed by atoms with Crippen LogP contribution >= 0.6 is 0 Å². The van der Waals surface area contributed by atoms with Gasteiger partial charge in [0.05, 0.1) is 0 Å². The van der Waals surface area contributed by atoms with Gasteiger partial charge in [0, 0.05) is 34.1 Å². The highest BCUT2D eigenvalue weighted by atomic mass is 16.6. The maximum Gasteiger partial charge on any atom is 0.409 e. The Morgan fingerprint density at radius 3 is 2.35 bits per heavy atom. The number of carbonyl (C=O) groups excluding carboxylic acids is 2. The molecule has 20 heavy (non-hydrogen) atoms. The minimum absolute atomic E-state index is 0.0658. The molecule has 0 unspecified atom stereocenters. The lowest BCUT2D eigenvalue weighted by atomic mass is 10.2. The summed E-state index contributed by atoms with van der Waals surface area (Å²) in [4.78, 5) is 26.2. The molecular formula is C15H22N2O3. The van der Waals surface area contributed by atoms with Gasteiger partial charge in [-0.25, -0.2) is 4.79 Å². The Morgan fingerprint density at radius 2 is 1.75 bits per heavy atom. The van der Waals surface area contributed by atoms with E-state index in [4.69, 9.17) is 4.74 Å². The summed E-state index contributed by atoms with van der Waals surface area (Å²) < 4.78 is 5.19. The average Bonchev–Trinajstić information content (AvgIpc) is 2.45. The molecule has 110 valence electrons. The molecule has 0 radical (unpaired) electrons. The van der Waals surface area contributed by atoms with Crippen molar-refractivity contribution < 1.29 is 14.3 Å². The highest BCUT2D eigenvalue weighted by molar-refractivity contribution is 5.75. The van der Waals surface area contributed by atoms with Crippen molar-refractivity contribution in [3.8, 4) is 0 Å². The highest BCUT2D eigenvalue weighted by Gasteiger charge is 2.11. The predicted molar refractivity (Wildman–Crippen MR) is 77.2 cm³/mol. The van der Waals surface area contributed by atoms with Gasteiger partial charge in [0.15, 0.2) is 0 Å². The van der Waals surface area contributed by atoms with Gasteiger partial charge >= 0.3 is 6.09 Å². The third kappa shape index (κ3) is 5.73. The summed E-state index contributed by atoms with van der Waals surface area (Å²) in [5, 5.41) is 0. The Kier molecular flexibility index (Phi) is 6.56. The van der Waals surface area contributed by atoms with Crippen LogP contribution in [0.25, 0.3) is 0 Å². The summed E-state index contributed by atoms with van der Waals surface area (Å²) in [6.07, 6.45) is 0.697. The Bertz CT molecular complexity index is 432. The van der Waals surface area contributed by atoms with E-state index in [-0.39, 0.29) is 18.6 Å². The van der Waals surface area contributed by atoms with Crippen LogP contribution in [0.15, 0.2) is 30.3 Å². The summed E-state index contributed by atoms with van der Waals surface area (Å²) in [5.41, 5.74) is 0.956. The van der Waals surface area contributed by atoms with E-state index >= 15 is 0 Å². The zero-order valence-corrected chi connectivity index (χ0v) is 12.3. The van der Waals surface area contributed by atoms with E-state index < -0.39 is 0 Å². The molecule has 0 heterocycles. The Morgan fingerprint density at radius 1 is 1.10 bits per heavy atom. The molecule has 0 fully saturated rings. The van der Waals surface area contributed by atoms with Gasteiger partial charge in [-0.15, -0.1) is 0 Å². The van der Waals surface area contributed by atoms with E-state index in [0.717, 1.165) is 5.56 Å². The fraction of sp³-hybridized carbons (Fsp3) is 0.467. The molecule has 0 aromatic heterocycles. The lowest BCUT2D eigenvalue weighted by Gasteiger charge is -2.17. The van der Waals surface area contributed by atoms with Gasteiger partial charge in [-0.05, 0) is 12.0 Å². The van der Waals surface area contributed by atoms with E-state index in [1.807, 2.05) is 30.3 Å². The van der Waals surface area contributed by atoms with Gasteiger partial charge in [-0.1, -0.05) is 30.3 Å². The molecule has 1 aromatic carbocycles. The van der Waals surface area contributed by atoms with Crippen molar-refractivity contribution in [3.05, 3.63) is 35.9 Å². The first kappa shape index (κ1) is 16.0. The standard InChI is InChI=1S/C15H22N2O3/c1-16(2)14(18)10-7-11-17(3)15(19)20-12-13-8-5-4-6-9-13/h4-6,8-9H,7,10-12H2,1-3H3. The number of amides is 2. The first-order chi connectivity index (χ1) is 9.50. The van der Waals surface area contributed by atoms with Crippen molar-refractivity contribution in [1.29, 1.82) is 0 Å². The number of ether oxygens (including phenoxy) is 1. The maximum absolute atomic E-state index is 11.7. The molecule has 0 bridgehead atoms. The zero-order chi connectivity index (χ0) is 15.0. The fourth-order valence-electron chi connectivity index (χ4n) is 1.61. The number of carbonyl (C=O) groups is 2. The second-order valence-corrected chi connectivity index (χ2v) is 4.85. The first-order valence-corrected chi connectivity index (χ1v) is 6.62. The predicted octanol–water partition coefficient (Wildman–Crippen LogP) is 2.12. The second-order valence-electron chi connectivity index (χ2n) is 4.85. The Labute approximate surface area is 120 Å². The van der Waals surface area contributed by atoms with Gasteiger partial charge < -0.3 is 14.5 Å². The summed E-state index contributed by atoms with van der Waals surface area (Å²) in [7, 11) is 5.12. The number of hydrogen-bond donors (Lipinski definition) is 0. The molecule has 1 aromatic rings. The normalized spacial score (nSPS) is 9.95. The van der Waals surface area contributed by atoms with Crippen molar-refractivity contribution in [2.24, 2.45) is 0 Å².